The number of unbranched alkanes of at least 4 members (excludes halogenated alkanes) is 1. The molecule has 0 amide bonds. The van der Waals surface area contributed by atoms with Crippen LogP contribution in [0.15, 0.2) is 97.1 Å². The summed E-state index contributed by atoms with van der Waals surface area (Å²) < 4.78 is 76.7. The molecule has 328 valence electrons. The van der Waals surface area contributed by atoms with Crippen molar-refractivity contribution >= 4 is 14.4 Å². The van der Waals surface area contributed by atoms with Gasteiger partial charge in [-0.1, -0.05) is 111 Å². The molecule has 3 aliphatic rings. The number of alkyl halides is 6. The molecule has 0 N–H and O–H groups in total. The smallest absolute Gasteiger partial charge is 1.00 e. The van der Waals surface area contributed by atoms with E-state index < -0.39 is 23.5 Å². The number of allylic oxidation sites excluding steroid dienone is 4. The molecule has 0 nitrogen and oxygen atoms in total. The van der Waals surface area contributed by atoms with E-state index in [0.29, 0.717) is 8.62 Å². The summed E-state index contributed by atoms with van der Waals surface area (Å²) in [5, 5.41) is 0. The topological polar surface area (TPSA) is 0 Å². The molecule has 0 saturated carbocycles. The Bertz CT molecular complexity index is 2360. The van der Waals surface area contributed by atoms with Crippen LogP contribution in [0.25, 0.3) is 22.3 Å². The Kier molecular flexibility index (Phi) is 15.7. The molecule has 0 heterocycles. The van der Waals surface area contributed by atoms with Gasteiger partial charge in [-0.2, -0.15) is 28.8 Å². The van der Waals surface area contributed by atoms with Crippen molar-refractivity contribution in [3.63, 3.8) is 0 Å². The maximum absolute atomic E-state index is 12.7. The minimum atomic E-state index is -4.49. The van der Waals surface area contributed by atoms with Gasteiger partial charge in [-0.25, -0.2) is 11.6 Å². The summed E-state index contributed by atoms with van der Waals surface area (Å²) in [7, 11) is 0. The minimum Gasteiger partial charge on any atom is -1.00 e. The van der Waals surface area contributed by atoms with Crippen LogP contribution in [0.4, 0.5) is 26.3 Å². The monoisotopic (exact) mass is 964 g/mol. The standard InChI is InChI=1S/C25H25.C15H8F6.C13H21.2ClH.Zr/c1-14-12-24(3,4)22-8-16-7-17-9-23-19(15(2)13-25(23,5)6)11-21(17)20(16)10-18(14)22;16-14(17,18)12-5-1-3-10(8-12)7-11-4-2-6-13(9-11)15(19,20)21;1-5-6-7-11-8-9-12(10-11)13(2,3)4;;;/h8-12H,7H2,1-6H3;1-6,8-9H;8-10H,5-7H2,1-4H3;2*1H;/q-1;;-1;;;+2/p-2. The van der Waals surface area contributed by atoms with Crippen molar-refractivity contribution in [1.82, 2.24) is 0 Å². The van der Waals surface area contributed by atoms with Gasteiger partial charge >= 0.3 is 137 Å². The molecule has 0 radical (unpaired) electrons. The summed E-state index contributed by atoms with van der Waals surface area (Å²) in [5.74, 6) is 0. The number of rotatable bonds is 5. The molecule has 0 spiro atoms. The average molecular weight is 967 g/mol. The summed E-state index contributed by atoms with van der Waals surface area (Å²) in [6.45, 7) is 22.7. The number of aryl methyl sites for hydroxylation is 1. The SMILES string of the molecule is CC1=[C-]C(C)(C)c2cc3c(cc21)-c1cc2c(cc1C3)C(C)(C)C=C2C.CCCCc1cc(C(C)(C)C)c[cH-]1.FC(F)(F)c1cccc([C](=[Zr+2])c2cccc(C(F)(F)F)c2)c1.[Cl-].[Cl-]. The van der Waals surface area contributed by atoms with Crippen molar-refractivity contribution in [3.8, 4) is 11.1 Å². The van der Waals surface area contributed by atoms with Gasteiger partial charge in [0, 0.05) is 5.41 Å². The van der Waals surface area contributed by atoms with E-state index in [1.165, 1.54) is 110 Å². The number of hydrogen-bond acceptors (Lipinski definition) is 0. The summed E-state index contributed by atoms with van der Waals surface area (Å²) in [6, 6.07) is 25.9. The van der Waals surface area contributed by atoms with Gasteiger partial charge in [0.1, 0.15) is 0 Å². The predicted molar refractivity (Wildman–Crippen MR) is 232 cm³/mol. The van der Waals surface area contributed by atoms with Crippen LogP contribution in [0, 0.1) is 6.08 Å². The first-order chi connectivity index (χ1) is 27.8. The quantitative estimate of drug-likeness (QED) is 0.120. The minimum absolute atomic E-state index is 0. The van der Waals surface area contributed by atoms with E-state index in [-0.39, 0.29) is 46.8 Å². The van der Waals surface area contributed by atoms with E-state index in [4.69, 9.17) is 0 Å². The van der Waals surface area contributed by atoms with E-state index >= 15 is 0 Å². The zero-order valence-electron chi connectivity index (χ0n) is 37.1. The first-order valence-electron chi connectivity index (χ1n) is 20.7. The van der Waals surface area contributed by atoms with Crippen molar-refractivity contribution in [2.75, 3.05) is 0 Å². The van der Waals surface area contributed by atoms with Crippen molar-refractivity contribution in [2.45, 2.75) is 124 Å². The maximum Gasteiger partial charge on any atom is -1.00 e. The van der Waals surface area contributed by atoms with E-state index in [1.807, 2.05) is 0 Å². The van der Waals surface area contributed by atoms with E-state index in [2.05, 4.69) is 124 Å². The van der Waals surface area contributed by atoms with Gasteiger partial charge in [0.25, 0.3) is 0 Å². The Morgan fingerprint density at radius 1 is 0.694 bits per heavy atom. The molecular formula is C53H54Cl2F6Zr-2. The van der Waals surface area contributed by atoms with E-state index in [0.717, 1.165) is 54.9 Å². The molecule has 3 aliphatic carbocycles. The molecule has 9 heteroatoms. The fourth-order valence-electron chi connectivity index (χ4n) is 8.64. The first kappa shape index (κ1) is 51.3. The first-order valence-corrected chi connectivity index (χ1v) is 21.9. The second kappa shape index (κ2) is 19.0. The van der Waals surface area contributed by atoms with Crippen LogP contribution in [-0.4, -0.2) is 3.21 Å². The van der Waals surface area contributed by atoms with Crippen molar-refractivity contribution < 1.29 is 75.4 Å². The van der Waals surface area contributed by atoms with Crippen molar-refractivity contribution in [3.05, 3.63) is 170 Å². The molecule has 0 unspecified atom stereocenters. The largest absolute Gasteiger partial charge is 1.00 e. The van der Waals surface area contributed by atoms with Crippen molar-refractivity contribution in [2.24, 2.45) is 0 Å². The second-order valence-electron chi connectivity index (χ2n) is 18.6. The van der Waals surface area contributed by atoms with Gasteiger partial charge < -0.3 is 24.8 Å². The Balaban J connectivity index is 0.000000211. The van der Waals surface area contributed by atoms with Gasteiger partial charge in [-0.05, 0) is 58.4 Å². The van der Waals surface area contributed by atoms with E-state index in [1.54, 1.807) is 0 Å². The summed E-state index contributed by atoms with van der Waals surface area (Å²) in [6.07, 6.45) is 2.01. The second-order valence-corrected chi connectivity index (χ2v) is 19.8. The van der Waals surface area contributed by atoms with Crippen LogP contribution in [-0.2, 0) is 65.7 Å². The molecule has 5 aromatic rings. The van der Waals surface area contributed by atoms with Crippen LogP contribution < -0.4 is 24.8 Å². The Morgan fingerprint density at radius 2 is 1.21 bits per heavy atom. The normalized spacial score (nSPS) is 15.2. The zero-order valence-corrected chi connectivity index (χ0v) is 41.1. The molecular weight excluding hydrogens is 913 g/mol. The number of fused-ring (bicyclic) bond motifs is 5. The third-order valence-electron chi connectivity index (χ3n) is 11.9. The summed E-state index contributed by atoms with van der Waals surface area (Å²) in [5.41, 5.74) is 16.7. The average Bonchev–Trinajstić information content (AvgIpc) is 3.90. The fourth-order valence-corrected chi connectivity index (χ4v) is 9.40. The molecule has 0 bridgehead atoms. The molecule has 0 aliphatic heterocycles. The Hall–Kier alpha value is -3.38. The molecule has 0 fully saturated rings. The molecule has 62 heavy (non-hydrogen) atoms. The molecule has 5 aromatic carbocycles. The Labute approximate surface area is 391 Å². The fraction of sp³-hybridized carbons (Fsp3) is 0.358. The molecule has 0 aromatic heterocycles. The van der Waals surface area contributed by atoms with Crippen LogP contribution in [0.3, 0.4) is 0 Å². The Morgan fingerprint density at radius 3 is 1.69 bits per heavy atom. The number of halogens is 8. The van der Waals surface area contributed by atoms with Crippen LogP contribution in [0.2, 0.25) is 0 Å². The number of hydrogen-bond donors (Lipinski definition) is 0. The van der Waals surface area contributed by atoms with Gasteiger partial charge in [-0.3, -0.25) is 6.08 Å². The molecule has 0 atom stereocenters. The van der Waals surface area contributed by atoms with Gasteiger partial charge in [0.2, 0.25) is 0 Å². The van der Waals surface area contributed by atoms with Gasteiger partial charge in [-0.15, -0.1) is 11.6 Å². The van der Waals surface area contributed by atoms with Gasteiger partial charge in [0.05, 0.1) is 0 Å². The summed E-state index contributed by atoms with van der Waals surface area (Å²) in [4.78, 5) is 0. The van der Waals surface area contributed by atoms with E-state index in [9.17, 15) is 26.3 Å². The van der Waals surface area contributed by atoms with Crippen LogP contribution in [0.5, 0.6) is 0 Å². The maximum atomic E-state index is 12.7. The molecule has 0 saturated heterocycles. The van der Waals surface area contributed by atoms with Crippen molar-refractivity contribution in [1.29, 1.82) is 0 Å². The predicted octanol–water partition coefficient (Wildman–Crippen LogP) is 9.34. The van der Waals surface area contributed by atoms with Crippen LogP contribution in [0.1, 0.15) is 149 Å². The zero-order chi connectivity index (χ0) is 44.2. The summed E-state index contributed by atoms with van der Waals surface area (Å²) >= 11 is 0.729. The third kappa shape index (κ3) is 11.1. The van der Waals surface area contributed by atoms with Gasteiger partial charge in [0.15, 0.2) is 0 Å². The van der Waals surface area contributed by atoms with Crippen LogP contribution >= 0.6 is 0 Å². The third-order valence-corrected chi connectivity index (χ3v) is 13.3. The number of benzene rings is 4. The molecule has 8 rings (SSSR count).